The summed E-state index contributed by atoms with van der Waals surface area (Å²) in [5, 5.41) is 3.18. The zero-order valence-corrected chi connectivity index (χ0v) is 17.3. The van der Waals surface area contributed by atoms with Crippen LogP contribution in [0.1, 0.15) is 94.0 Å². The highest BCUT2D eigenvalue weighted by Gasteiger charge is 2.15. The molecule has 0 fully saturated rings. The SMILES string of the molecule is CCCCCc1ccc(CCCC)c2cc(C)c(CC)c(CCC)c12. The van der Waals surface area contributed by atoms with Gasteiger partial charge in [0.05, 0.1) is 0 Å². The van der Waals surface area contributed by atoms with Gasteiger partial charge in [-0.3, -0.25) is 0 Å². The first-order valence-electron chi connectivity index (χ1n) is 10.7. The summed E-state index contributed by atoms with van der Waals surface area (Å²) < 4.78 is 0. The maximum absolute atomic E-state index is 2.50. The minimum atomic E-state index is 1.16. The fourth-order valence-corrected chi connectivity index (χ4v) is 4.30. The van der Waals surface area contributed by atoms with Crippen molar-refractivity contribution >= 4 is 10.8 Å². The van der Waals surface area contributed by atoms with Gasteiger partial charge < -0.3 is 0 Å². The van der Waals surface area contributed by atoms with Crippen molar-refractivity contribution in [2.75, 3.05) is 0 Å². The number of aryl methyl sites for hydroxylation is 4. The van der Waals surface area contributed by atoms with Crippen molar-refractivity contribution in [2.45, 2.75) is 98.8 Å². The van der Waals surface area contributed by atoms with Crippen LogP contribution in [0.5, 0.6) is 0 Å². The highest BCUT2D eigenvalue weighted by atomic mass is 14.2. The number of benzene rings is 2. The summed E-state index contributed by atoms with van der Waals surface area (Å²) in [6.45, 7) is 11.6. The second kappa shape index (κ2) is 10.00. The molecule has 0 radical (unpaired) electrons. The summed E-state index contributed by atoms with van der Waals surface area (Å²) in [6, 6.07) is 7.39. The molecule has 0 aromatic heterocycles. The van der Waals surface area contributed by atoms with Crippen LogP contribution < -0.4 is 0 Å². The Bertz CT molecular complexity index is 678. The van der Waals surface area contributed by atoms with Crippen molar-refractivity contribution in [2.24, 2.45) is 0 Å². The number of hydrogen-bond donors (Lipinski definition) is 0. The third-order valence-electron chi connectivity index (χ3n) is 5.63. The van der Waals surface area contributed by atoms with Crippen molar-refractivity contribution in [3.63, 3.8) is 0 Å². The number of rotatable bonds is 10. The van der Waals surface area contributed by atoms with E-state index in [0.717, 1.165) is 6.42 Å². The van der Waals surface area contributed by atoms with E-state index in [-0.39, 0.29) is 0 Å². The molecule has 0 heteroatoms. The van der Waals surface area contributed by atoms with Gasteiger partial charge in [0.15, 0.2) is 0 Å². The molecule has 138 valence electrons. The van der Waals surface area contributed by atoms with Crippen LogP contribution in [-0.2, 0) is 25.7 Å². The summed E-state index contributed by atoms with van der Waals surface area (Å²) in [7, 11) is 0. The third-order valence-corrected chi connectivity index (χ3v) is 5.63. The van der Waals surface area contributed by atoms with Crippen LogP contribution in [0.15, 0.2) is 18.2 Å². The average molecular weight is 339 g/mol. The van der Waals surface area contributed by atoms with Gasteiger partial charge in [0.25, 0.3) is 0 Å². The third kappa shape index (κ3) is 4.66. The van der Waals surface area contributed by atoms with Crippen molar-refractivity contribution in [3.8, 4) is 0 Å². The van der Waals surface area contributed by atoms with Gasteiger partial charge in [-0.1, -0.05) is 71.6 Å². The van der Waals surface area contributed by atoms with Gasteiger partial charge in [0.1, 0.15) is 0 Å². The first-order valence-corrected chi connectivity index (χ1v) is 10.7. The first kappa shape index (κ1) is 20.0. The Hall–Kier alpha value is -1.30. The van der Waals surface area contributed by atoms with Crippen LogP contribution >= 0.6 is 0 Å². The largest absolute Gasteiger partial charge is 0.0654 e. The smallest absolute Gasteiger partial charge is 0.0114 e. The first-order chi connectivity index (χ1) is 12.2. The minimum absolute atomic E-state index is 1.16. The van der Waals surface area contributed by atoms with E-state index in [2.05, 4.69) is 52.8 Å². The average Bonchev–Trinajstić information content (AvgIpc) is 2.61. The summed E-state index contributed by atoms with van der Waals surface area (Å²) >= 11 is 0. The predicted molar refractivity (Wildman–Crippen MR) is 114 cm³/mol. The van der Waals surface area contributed by atoms with Crippen LogP contribution in [0.4, 0.5) is 0 Å². The molecule has 0 atom stereocenters. The predicted octanol–water partition coefficient (Wildman–Crippen LogP) is 7.74. The Morgan fingerprint density at radius 3 is 2.00 bits per heavy atom. The van der Waals surface area contributed by atoms with Gasteiger partial charge in [-0.25, -0.2) is 0 Å². The molecule has 2 aromatic rings. The number of hydrogen-bond acceptors (Lipinski definition) is 0. The second-order valence-electron chi connectivity index (χ2n) is 7.62. The molecule has 0 unspecified atom stereocenters. The standard InChI is InChI=1S/C25H38/c1-6-10-12-15-21-17-16-20(14-11-7-2)24-18-19(5)22(9-4)23(13-8-3)25(21)24/h16-18H,6-15H2,1-5H3. The zero-order valence-electron chi connectivity index (χ0n) is 17.3. The van der Waals surface area contributed by atoms with Crippen LogP contribution in [0.25, 0.3) is 10.8 Å². The van der Waals surface area contributed by atoms with Crippen LogP contribution in [0.2, 0.25) is 0 Å². The summed E-state index contributed by atoms with van der Waals surface area (Å²) in [5.41, 5.74) is 7.94. The molecule has 25 heavy (non-hydrogen) atoms. The lowest BCUT2D eigenvalue weighted by Gasteiger charge is -2.20. The molecular formula is C25H38. The fourth-order valence-electron chi connectivity index (χ4n) is 4.30. The summed E-state index contributed by atoms with van der Waals surface area (Å²) in [4.78, 5) is 0. The Balaban J connectivity index is 2.67. The highest BCUT2D eigenvalue weighted by Crippen LogP contribution is 2.34. The quantitative estimate of drug-likeness (QED) is 0.389. The van der Waals surface area contributed by atoms with Crippen LogP contribution in [0.3, 0.4) is 0 Å². The Morgan fingerprint density at radius 1 is 0.680 bits per heavy atom. The molecule has 0 spiro atoms. The molecule has 0 nitrogen and oxygen atoms in total. The molecule has 0 amide bonds. The van der Waals surface area contributed by atoms with Crippen LogP contribution in [-0.4, -0.2) is 0 Å². The highest BCUT2D eigenvalue weighted by molar-refractivity contribution is 5.93. The lowest BCUT2D eigenvalue weighted by Crippen LogP contribution is -2.03. The van der Waals surface area contributed by atoms with E-state index in [0.29, 0.717) is 0 Å². The molecule has 0 aliphatic heterocycles. The summed E-state index contributed by atoms with van der Waals surface area (Å²) in [6.07, 6.45) is 12.6. The van der Waals surface area contributed by atoms with Gasteiger partial charge in [-0.15, -0.1) is 0 Å². The topological polar surface area (TPSA) is 0 Å². The number of fused-ring (bicyclic) bond motifs is 1. The van der Waals surface area contributed by atoms with Gasteiger partial charge in [0.2, 0.25) is 0 Å². The van der Waals surface area contributed by atoms with E-state index in [9.17, 15) is 0 Å². The maximum Gasteiger partial charge on any atom is -0.0114 e. The van der Waals surface area contributed by atoms with Gasteiger partial charge in [0, 0.05) is 0 Å². The fraction of sp³-hybridized carbons (Fsp3) is 0.600. The Morgan fingerprint density at radius 2 is 1.36 bits per heavy atom. The summed E-state index contributed by atoms with van der Waals surface area (Å²) in [5.74, 6) is 0. The van der Waals surface area contributed by atoms with Crippen molar-refractivity contribution in [1.29, 1.82) is 0 Å². The molecule has 0 bridgehead atoms. The van der Waals surface area contributed by atoms with E-state index < -0.39 is 0 Å². The van der Waals surface area contributed by atoms with Gasteiger partial charge >= 0.3 is 0 Å². The monoisotopic (exact) mass is 338 g/mol. The van der Waals surface area contributed by atoms with E-state index in [1.807, 2.05) is 0 Å². The Labute approximate surface area is 156 Å². The molecule has 0 saturated heterocycles. The van der Waals surface area contributed by atoms with Crippen LogP contribution in [0, 0.1) is 6.92 Å². The molecule has 0 aliphatic rings. The van der Waals surface area contributed by atoms with Gasteiger partial charge in [-0.05, 0) is 84.0 Å². The molecule has 0 aliphatic carbocycles. The lowest BCUT2D eigenvalue weighted by atomic mass is 9.84. The Kier molecular flexibility index (Phi) is 8.00. The second-order valence-corrected chi connectivity index (χ2v) is 7.62. The zero-order chi connectivity index (χ0) is 18.2. The van der Waals surface area contributed by atoms with Crippen molar-refractivity contribution in [3.05, 3.63) is 46.0 Å². The molecule has 0 heterocycles. The normalized spacial score (nSPS) is 11.4. The number of unbranched alkanes of at least 4 members (excludes halogenated alkanes) is 3. The molecule has 2 aromatic carbocycles. The molecular weight excluding hydrogens is 300 g/mol. The molecule has 0 N–H and O–H groups in total. The van der Waals surface area contributed by atoms with Gasteiger partial charge in [-0.2, -0.15) is 0 Å². The van der Waals surface area contributed by atoms with E-state index in [1.54, 1.807) is 33.0 Å². The van der Waals surface area contributed by atoms with E-state index in [1.165, 1.54) is 63.4 Å². The van der Waals surface area contributed by atoms with Crippen molar-refractivity contribution in [1.82, 2.24) is 0 Å². The van der Waals surface area contributed by atoms with E-state index >= 15 is 0 Å². The van der Waals surface area contributed by atoms with Crippen molar-refractivity contribution < 1.29 is 0 Å². The molecule has 0 saturated carbocycles. The lowest BCUT2D eigenvalue weighted by molar-refractivity contribution is 0.719. The minimum Gasteiger partial charge on any atom is -0.0654 e. The molecule has 2 rings (SSSR count). The van der Waals surface area contributed by atoms with E-state index in [4.69, 9.17) is 0 Å². The maximum atomic E-state index is 2.50.